The van der Waals surface area contributed by atoms with Gasteiger partial charge in [-0.2, -0.15) is 0 Å². The van der Waals surface area contributed by atoms with E-state index in [9.17, 15) is 4.79 Å². The molecule has 21 heavy (non-hydrogen) atoms. The zero-order valence-corrected chi connectivity index (χ0v) is 13.1. The van der Waals surface area contributed by atoms with Crippen molar-refractivity contribution in [3.63, 3.8) is 0 Å². The molecule has 1 aromatic carbocycles. The lowest BCUT2D eigenvalue weighted by atomic mass is 10.1. The number of carbonyl (C=O) groups excluding carboxylic acids is 1. The summed E-state index contributed by atoms with van der Waals surface area (Å²) in [6.07, 6.45) is 1.79. The van der Waals surface area contributed by atoms with E-state index in [1.807, 2.05) is 13.1 Å². The Bertz CT molecular complexity index is 690. The van der Waals surface area contributed by atoms with E-state index in [-0.39, 0.29) is 0 Å². The zero-order chi connectivity index (χ0) is 15.0. The molecule has 0 spiro atoms. The number of rotatable bonds is 4. The number of aromatic nitrogens is 1. The van der Waals surface area contributed by atoms with E-state index in [0.29, 0.717) is 40.6 Å². The molecule has 2 aromatic rings. The fraction of sp³-hybridized carbons (Fsp3) is 0.400. The first-order valence-electron chi connectivity index (χ1n) is 6.75. The second kappa shape index (κ2) is 5.87. The number of ether oxygens (including phenoxy) is 2. The van der Waals surface area contributed by atoms with Crippen LogP contribution in [-0.4, -0.2) is 30.7 Å². The average Bonchev–Trinajstić information content (AvgIpc) is 3.10. The fourth-order valence-electron chi connectivity index (χ4n) is 2.54. The fourth-order valence-corrected chi connectivity index (χ4v) is 3.00. The van der Waals surface area contributed by atoms with Gasteiger partial charge in [-0.25, -0.2) is 0 Å². The van der Waals surface area contributed by atoms with E-state index in [1.54, 1.807) is 10.6 Å². The molecular weight excluding hydrogens is 313 g/mol. The van der Waals surface area contributed by atoms with Crippen LogP contribution in [0.25, 0.3) is 10.9 Å². The molecule has 1 aliphatic rings. The van der Waals surface area contributed by atoms with Gasteiger partial charge in [0.2, 0.25) is 0 Å². The van der Waals surface area contributed by atoms with Crippen LogP contribution in [0, 0.1) is 5.92 Å². The standard InChI is InChI=1S/C15H15Cl2NO3/c1-18-10(6-19)4-11-12(18)5-13(15(17)14(11)16)21-8-9-2-3-20-7-9/h4-6,9H,2-3,7-8H2,1H3. The number of aldehydes is 1. The van der Waals surface area contributed by atoms with Gasteiger partial charge >= 0.3 is 0 Å². The Morgan fingerprint density at radius 1 is 1.43 bits per heavy atom. The van der Waals surface area contributed by atoms with Crippen LogP contribution in [0.4, 0.5) is 0 Å². The molecule has 1 fully saturated rings. The second-order valence-corrected chi connectivity index (χ2v) is 5.98. The molecule has 0 amide bonds. The van der Waals surface area contributed by atoms with E-state index in [4.69, 9.17) is 32.7 Å². The molecule has 0 bridgehead atoms. The minimum atomic E-state index is 0.381. The van der Waals surface area contributed by atoms with E-state index in [1.165, 1.54) is 0 Å². The Labute approximate surface area is 132 Å². The van der Waals surface area contributed by atoms with Crippen LogP contribution >= 0.6 is 23.2 Å². The monoisotopic (exact) mass is 327 g/mol. The van der Waals surface area contributed by atoms with Crippen molar-refractivity contribution in [3.05, 3.63) is 27.9 Å². The molecule has 1 aliphatic heterocycles. The minimum Gasteiger partial charge on any atom is -0.492 e. The number of nitrogens with zero attached hydrogens (tertiary/aromatic N) is 1. The van der Waals surface area contributed by atoms with Crippen LogP contribution < -0.4 is 4.74 Å². The first-order chi connectivity index (χ1) is 10.1. The third-order valence-corrected chi connectivity index (χ3v) is 4.71. The molecule has 1 saturated heterocycles. The summed E-state index contributed by atoms with van der Waals surface area (Å²) in [6.45, 7) is 2.04. The smallest absolute Gasteiger partial charge is 0.166 e. The number of fused-ring (bicyclic) bond motifs is 1. The Kier molecular flexibility index (Phi) is 4.11. The van der Waals surface area contributed by atoms with Gasteiger partial charge in [-0.1, -0.05) is 23.2 Å². The zero-order valence-electron chi connectivity index (χ0n) is 11.6. The summed E-state index contributed by atoms with van der Waals surface area (Å²) in [5.41, 5.74) is 1.37. The van der Waals surface area contributed by atoms with Crippen molar-refractivity contribution in [1.29, 1.82) is 0 Å². The van der Waals surface area contributed by atoms with E-state index in [0.717, 1.165) is 30.2 Å². The van der Waals surface area contributed by atoms with Crippen LogP contribution in [0.3, 0.4) is 0 Å². The third kappa shape index (κ3) is 2.63. The summed E-state index contributed by atoms with van der Waals surface area (Å²) in [7, 11) is 1.81. The number of aryl methyl sites for hydroxylation is 1. The minimum absolute atomic E-state index is 0.381. The highest BCUT2D eigenvalue weighted by Crippen LogP contribution is 2.39. The van der Waals surface area contributed by atoms with Crippen molar-refractivity contribution in [2.24, 2.45) is 13.0 Å². The number of hydrogen-bond donors (Lipinski definition) is 0. The van der Waals surface area contributed by atoms with Gasteiger partial charge < -0.3 is 14.0 Å². The predicted octanol–water partition coefficient (Wildman–Crippen LogP) is 3.71. The van der Waals surface area contributed by atoms with Crippen molar-refractivity contribution in [2.45, 2.75) is 6.42 Å². The molecule has 0 saturated carbocycles. The normalized spacial score (nSPS) is 18.3. The Morgan fingerprint density at radius 3 is 2.90 bits per heavy atom. The Morgan fingerprint density at radius 2 is 2.24 bits per heavy atom. The molecule has 4 nitrogen and oxygen atoms in total. The average molecular weight is 328 g/mol. The molecule has 0 N–H and O–H groups in total. The number of hydrogen-bond acceptors (Lipinski definition) is 3. The second-order valence-electron chi connectivity index (χ2n) is 5.22. The molecular formula is C15H15Cl2NO3. The van der Waals surface area contributed by atoms with Crippen LogP contribution in [0.1, 0.15) is 16.9 Å². The van der Waals surface area contributed by atoms with Gasteiger partial charge in [-0.3, -0.25) is 4.79 Å². The summed E-state index contributed by atoms with van der Waals surface area (Å²) in [6, 6.07) is 3.55. The highest BCUT2D eigenvalue weighted by atomic mass is 35.5. The summed E-state index contributed by atoms with van der Waals surface area (Å²) >= 11 is 12.6. The van der Waals surface area contributed by atoms with Gasteiger partial charge in [0.25, 0.3) is 0 Å². The quantitative estimate of drug-likeness (QED) is 0.803. The largest absolute Gasteiger partial charge is 0.492 e. The van der Waals surface area contributed by atoms with Gasteiger partial charge in [-0.05, 0) is 12.5 Å². The Hall–Kier alpha value is -1.23. The summed E-state index contributed by atoms with van der Waals surface area (Å²) in [4.78, 5) is 11.0. The lowest BCUT2D eigenvalue weighted by Crippen LogP contribution is -2.11. The molecule has 1 atom stereocenters. The predicted molar refractivity (Wildman–Crippen MR) is 82.7 cm³/mol. The highest BCUT2D eigenvalue weighted by Gasteiger charge is 2.19. The van der Waals surface area contributed by atoms with Crippen LogP contribution in [0.2, 0.25) is 10.0 Å². The summed E-state index contributed by atoms with van der Waals surface area (Å²) in [5, 5.41) is 1.55. The van der Waals surface area contributed by atoms with Crippen LogP contribution in [0.5, 0.6) is 5.75 Å². The summed E-state index contributed by atoms with van der Waals surface area (Å²) < 4.78 is 12.9. The summed E-state index contributed by atoms with van der Waals surface area (Å²) in [5.74, 6) is 0.925. The van der Waals surface area contributed by atoms with Gasteiger partial charge in [0.1, 0.15) is 10.8 Å². The van der Waals surface area contributed by atoms with Crippen molar-refractivity contribution in [2.75, 3.05) is 19.8 Å². The maximum absolute atomic E-state index is 11.0. The van der Waals surface area contributed by atoms with Crippen molar-refractivity contribution in [1.82, 2.24) is 4.57 Å². The molecule has 1 unspecified atom stereocenters. The molecule has 6 heteroatoms. The topological polar surface area (TPSA) is 40.5 Å². The molecule has 1 aromatic heterocycles. The molecule has 112 valence electrons. The molecule has 0 aliphatic carbocycles. The van der Waals surface area contributed by atoms with Gasteiger partial charge in [0.05, 0.1) is 29.4 Å². The number of carbonyl (C=O) groups is 1. The Balaban J connectivity index is 1.96. The van der Waals surface area contributed by atoms with E-state index < -0.39 is 0 Å². The molecule has 2 heterocycles. The maximum Gasteiger partial charge on any atom is 0.166 e. The van der Waals surface area contributed by atoms with Crippen molar-refractivity contribution >= 4 is 40.4 Å². The maximum atomic E-state index is 11.0. The van der Waals surface area contributed by atoms with E-state index >= 15 is 0 Å². The SMILES string of the molecule is Cn1c(C=O)cc2c(Cl)c(Cl)c(OCC3CCOC3)cc21. The van der Waals surface area contributed by atoms with Gasteiger partial charge in [-0.15, -0.1) is 0 Å². The van der Waals surface area contributed by atoms with Crippen molar-refractivity contribution in [3.8, 4) is 5.75 Å². The van der Waals surface area contributed by atoms with Gasteiger partial charge in [0, 0.05) is 31.0 Å². The lowest BCUT2D eigenvalue weighted by Gasteiger charge is -2.13. The molecule has 3 rings (SSSR count). The molecule has 0 radical (unpaired) electrons. The van der Waals surface area contributed by atoms with Crippen LogP contribution in [-0.2, 0) is 11.8 Å². The van der Waals surface area contributed by atoms with Gasteiger partial charge in [0.15, 0.2) is 6.29 Å². The number of halogens is 2. The van der Waals surface area contributed by atoms with Crippen molar-refractivity contribution < 1.29 is 14.3 Å². The first-order valence-corrected chi connectivity index (χ1v) is 7.50. The highest BCUT2D eigenvalue weighted by molar-refractivity contribution is 6.46. The number of benzene rings is 1. The van der Waals surface area contributed by atoms with Crippen LogP contribution in [0.15, 0.2) is 12.1 Å². The van der Waals surface area contributed by atoms with E-state index in [2.05, 4.69) is 0 Å². The lowest BCUT2D eigenvalue weighted by molar-refractivity contribution is 0.111. The first kappa shape index (κ1) is 14.7. The third-order valence-electron chi connectivity index (χ3n) is 3.85.